The molecule has 2 aromatic rings. The van der Waals surface area contributed by atoms with E-state index in [2.05, 4.69) is 10.4 Å². The van der Waals surface area contributed by atoms with E-state index in [1.807, 2.05) is 20.8 Å². The summed E-state index contributed by atoms with van der Waals surface area (Å²) in [5.74, 6) is -3.14. The molecule has 0 fully saturated rings. The van der Waals surface area contributed by atoms with Crippen LogP contribution in [-0.2, 0) is 13.0 Å². The average molecular weight is 297 g/mol. The van der Waals surface area contributed by atoms with Crippen LogP contribution in [0.2, 0.25) is 0 Å². The van der Waals surface area contributed by atoms with Gasteiger partial charge in [0.1, 0.15) is 5.69 Å². The molecule has 6 heteroatoms. The van der Waals surface area contributed by atoms with Crippen molar-refractivity contribution in [2.75, 3.05) is 0 Å². The van der Waals surface area contributed by atoms with Crippen molar-refractivity contribution < 1.29 is 13.2 Å². The molecular weight excluding hydrogens is 279 g/mol. The number of hydrogen-bond donors (Lipinski definition) is 1. The van der Waals surface area contributed by atoms with Crippen LogP contribution in [0.3, 0.4) is 0 Å². The summed E-state index contributed by atoms with van der Waals surface area (Å²) in [4.78, 5) is 0. The van der Waals surface area contributed by atoms with Crippen LogP contribution in [0.25, 0.3) is 5.69 Å². The van der Waals surface area contributed by atoms with Crippen molar-refractivity contribution >= 4 is 0 Å². The molecule has 0 aliphatic heterocycles. The Morgan fingerprint density at radius 1 is 1.14 bits per heavy atom. The van der Waals surface area contributed by atoms with Crippen LogP contribution in [0.5, 0.6) is 0 Å². The molecule has 0 saturated carbocycles. The van der Waals surface area contributed by atoms with Crippen molar-refractivity contribution in [3.05, 3.63) is 47.0 Å². The van der Waals surface area contributed by atoms with E-state index in [0.717, 1.165) is 17.3 Å². The van der Waals surface area contributed by atoms with Gasteiger partial charge in [-0.05, 0) is 6.42 Å². The molecule has 0 atom stereocenters. The Kier molecular flexibility index (Phi) is 4.67. The first-order valence-electron chi connectivity index (χ1n) is 6.88. The van der Waals surface area contributed by atoms with Crippen molar-refractivity contribution in [3.63, 3.8) is 0 Å². The van der Waals surface area contributed by atoms with Crippen molar-refractivity contribution in [1.82, 2.24) is 15.1 Å². The van der Waals surface area contributed by atoms with Gasteiger partial charge in [0, 0.05) is 36.0 Å². The van der Waals surface area contributed by atoms with E-state index >= 15 is 0 Å². The summed E-state index contributed by atoms with van der Waals surface area (Å²) in [6, 6.07) is 1.67. The molecule has 0 aliphatic rings. The molecule has 114 valence electrons. The van der Waals surface area contributed by atoms with Crippen molar-refractivity contribution in [1.29, 1.82) is 0 Å². The predicted molar refractivity (Wildman–Crippen MR) is 74.8 cm³/mol. The molecule has 0 unspecified atom stereocenters. The van der Waals surface area contributed by atoms with E-state index in [1.165, 1.54) is 4.68 Å². The van der Waals surface area contributed by atoms with Crippen LogP contribution < -0.4 is 5.32 Å². The zero-order valence-corrected chi connectivity index (χ0v) is 12.3. The molecule has 1 N–H and O–H groups in total. The number of nitrogens with one attached hydrogen (secondary N) is 1. The topological polar surface area (TPSA) is 29.9 Å². The zero-order valence-electron chi connectivity index (χ0n) is 12.3. The first kappa shape index (κ1) is 15.6. The quantitative estimate of drug-likeness (QED) is 0.858. The highest BCUT2D eigenvalue weighted by Gasteiger charge is 2.16. The average Bonchev–Trinajstić information content (AvgIpc) is 2.83. The van der Waals surface area contributed by atoms with Gasteiger partial charge >= 0.3 is 0 Å². The Morgan fingerprint density at radius 3 is 2.43 bits per heavy atom. The van der Waals surface area contributed by atoms with Gasteiger partial charge in [0.25, 0.3) is 0 Å². The van der Waals surface area contributed by atoms with Gasteiger partial charge in [-0.15, -0.1) is 0 Å². The van der Waals surface area contributed by atoms with Crippen LogP contribution >= 0.6 is 0 Å². The lowest BCUT2D eigenvalue weighted by Gasteiger charge is -2.11. The normalized spacial score (nSPS) is 11.4. The maximum absolute atomic E-state index is 13.9. The van der Waals surface area contributed by atoms with Gasteiger partial charge in [-0.3, -0.25) is 0 Å². The molecule has 0 radical (unpaired) electrons. The van der Waals surface area contributed by atoms with Crippen molar-refractivity contribution in [2.45, 2.75) is 39.8 Å². The smallest absolute Gasteiger partial charge is 0.161 e. The molecule has 0 spiro atoms. The standard InChI is InChI=1S/C15H18F3N3/c1-4-14-10(7-19-9(2)3)8-20-21(14)15-6-12(17)11(16)5-13(15)18/h5-6,8-9,19H,4,7H2,1-3H3. The van der Waals surface area contributed by atoms with Gasteiger partial charge in [0.05, 0.1) is 6.20 Å². The lowest BCUT2D eigenvalue weighted by atomic mass is 10.2. The second kappa shape index (κ2) is 6.30. The summed E-state index contributed by atoms with van der Waals surface area (Å²) in [7, 11) is 0. The number of nitrogens with zero attached hydrogens (tertiary/aromatic N) is 2. The fourth-order valence-electron chi connectivity index (χ4n) is 2.13. The molecular formula is C15H18F3N3. The maximum Gasteiger partial charge on any atom is 0.161 e. The number of halogens is 3. The summed E-state index contributed by atoms with van der Waals surface area (Å²) in [6.45, 7) is 6.53. The molecule has 0 bridgehead atoms. The first-order valence-corrected chi connectivity index (χ1v) is 6.88. The van der Waals surface area contributed by atoms with Gasteiger partial charge in [-0.2, -0.15) is 5.10 Å². The Labute approximate surface area is 121 Å². The predicted octanol–water partition coefficient (Wildman–Crippen LogP) is 3.35. The summed E-state index contributed by atoms with van der Waals surface area (Å²) in [6.07, 6.45) is 2.22. The number of hydrogen-bond acceptors (Lipinski definition) is 2. The van der Waals surface area contributed by atoms with E-state index < -0.39 is 17.5 Å². The molecule has 1 aromatic carbocycles. The van der Waals surface area contributed by atoms with E-state index in [-0.39, 0.29) is 5.69 Å². The summed E-state index contributed by atoms with van der Waals surface area (Å²) >= 11 is 0. The molecule has 3 nitrogen and oxygen atoms in total. The highest BCUT2D eigenvalue weighted by molar-refractivity contribution is 5.37. The van der Waals surface area contributed by atoms with Crippen LogP contribution in [0.4, 0.5) is 13.2 Å². The molecule has 21 heavy (non-hydrogen) atoms. The number of rotatable bonds is 5. The monoisotopic (exact) mass is 297 g/mol. The fraction of sp³-hybridized carbons (Fsp3) is 0.400. The SMILES string of the molecule is CCc1c(CNC(C)C)cnn1-c1cc(F)c(F)cc1F. The highest BCUT2D eigenvalue weighted by atomic mass is 19.2. The van der Waals surface area contributed by atoms with Gasteiger partial charge in [0.2, 0.25) is 0 Å². The minimum absolute atomic E-state index is 0.0819. The van der Waals surface area contributed by atoms with Crippen LogP contribution in [0, 0.1) is 17.5 Å². The van der Waals surface area contributed by atoms with E-state index in [9.17, 15) is 13.2 Å². The Bertz CT molecular complexity index is 635. The largest absolute Gasteiger partial charge is 0.310 e. The van der Waals surface area contributed by atoms with Crippen molar-refractivity contribution in [2.24, 2.45) is 0 Å². The first-order chi connectivity index (χ1) is 9.93. The molecule has 2 rings (SSSR count). The van der Waals surface area contributed by atoms with Gasteiger partial charge in [-0.1, -0.05) is 20.8 Å². The van der Waals surface area contributed by atoms with Crippen LogP contribution in [0.15, 0.2) is 18.3 Å². The molecule has 1 heterocycles. The van der Waals surface area contributed by atoms with E-state index in [0.29, 0.717) is 25.1 Å². The minimum atomic E-state index is -1.21. The highest BCUT2D eigenvalue weighted by Crippen LogP contribution is 2.21. The maximum atomic E-state index is 13.9. The Balaban J connectivity index is 2.43. The zero-order chi connectivity index (χ0) is 15.6. The van der Waals surface area contributed by atoms with Crippen molar-refractivity contribution in [3.8, 4) is 5.69 Å². The lowest BCUT2D eigenvalue weighted by molar-refractivity contribution is 0.491. The van der Waals surface area contributed by atoms with Gasteiger partial charge in [0.15, 0.2) is 17.5 Å². The van der Waals surface area contributed by atoms with E-state index in [4.69, 9.17) is 0 Å². The molecule has 0 saturated heterocycles. The van der Waals surface area contributed by atoms with Crippen LogP contribution in [-0.4, -0.2) is 15.8 Å². The third kappa shape index (κ3) is 3.26. The summed E-state index contributed by atoms with van der Waals surface area (Å²) < 4.78 is 41.6. The number of aromatic nitrogens is 2. The second-order valence-corrected chi connectivity index (χ2v) is 5.14. The molecule has 1 aromatic heterocycles. The third-order valence-corrected chi connectivity index (χ3v) is 3.21. The molecule has 0 aliphatic carbocycles. The fourth-order valence-corrected chi connectivity index (χ4v) is 2.13. The minimum Gasteiger partial charge on any atom is -0.310 e. The summed E-state index contributed by atoms with van der Waals surface area (Å²) in [5, 5.41) is 7.37. The number of benzene rings is 1. The molecule has 0 amide bonds. The van der Waals surface area contributed by atoms with E-state index in [1.54, 1.807) is 6.20 Å². The third-order valence-electron chi connectivity index (χ3n) is 3.21. The lowest BCUT2D eigenvalue weighted by Crippen LogP contribution is -2.22. The summed E-state index contributed by atoms with van der Waals surface area (Å²) in [5.41, 5.74) is 1.60. The van der Waals surface area contributed by atoms with Gasteiger partial charge in [-0.25, -0.2) is 17.9 Å². The Hall–Kier alpha value is -1.82. The van der Waals surface area contributed by atoms with Crippen LogP contribution in [0.1, 0.15) is 32.0 Å². The van der Waals surface area contributed by atoms with Gasteiger partial charge < -0.3 is 5.32 Å². The Morgan fingerprint density at radius 2 is 1.81 bits per heavy atom. The second-order valence-electron chi connectivity index (χ2n) is 5.14.